The smallest absolute Gasteiger partial charge is 0.316 e. The Kier molecular flexibility index (Phi) is 7.50. The minimum Gasteiger partial charge on any atom is -0.316 e. The number of carbonyl (C=O) groups is 2. The molecule has 1 unspecified atom stereocenters. The van der Waals surface area contributed by atoms with Gasteiger partial charge in [0.05, 0.1) is 17.1 Å². The molecule has 1 aliphatic rings. The molecule has 3 aromatic carbocycles. The van der Waals surface area contributed by atoms with Crippen LogP contribution in [0.3, 0.4) is 0 Å². The molecule has 0 aliphatic carbocycles. The Morgan fingerprint density at radius 1 is 0.923 bits per heavy atom. The number of aromatic nitrogens is 1. The highest BCUT2D eigenvalue weighted by atomic mass is 19.1. The topological polar surface area (TPSA) is 57.6 Å². The molecule has 1 aromatic heterocycles. The fraction of sp³-hybridized carbons (Fsp3) is 0.250. The Balaban J connectivity index is 1.50. The maximum atomic E-state index is 14.2. The summed E-state index contributed by atoms with van der Waals surface area (Å²) in [5.41, 5.74) is 6.12. The van der Waals surface area contributed by atoms with Crippen molar-refractivity contribution in [1.29, 1.82) is 0 Å². The largest absolute Gasteiger partial charge is 0.322 e. The number of rotatable bonds is 7. The molecule has 0 saturated carbocycles. The molecular weight excluding hydrogens is 491 g/mol. The predicted molar refractivity (Wildman–Crippen MR) is 153 cm³/mol. The summed E-state index contributed by atoms with van der Waals surface area (Å²) < 4.78 is 15.9. The zero-order valence-electron chi connectivity index (χ0n) is 22.5. The molecule has 0 bridgehead atoms. The van der Waals surface area contributed by atoms with E-state index < -0.39 is 6.04 Å². The number of halogens is 1. The number of aryl methyl sites for hydroxylation is 1. The van der Waals surface area contributed by atoms with Crippen molar-refractivity contribution in [2.24, 2.45) is 0 Å². The van der Waals surface area contributed by atoms with Gasteiger partial charge in [-0.25, -0.2) is 9.18 Å². The van der Waals surface area contributed by atoms with Gasteiger partial charge in [0.15, 0.2) is 0 Å². The van der Waals surface area contributed by atoms with Gasteiger partial charge in [0.2, 0.25) is 5.91 Å². The molecule has 7 heteroatoms. The third-order valence-corrected chi connectivity index (χ3v) is 7.42. The van der Waals surface area contributed by atoms with E-state index in [9.17, 15) is 14.0 Å². The normalized spacial score (nSPS) is 13.9. The Labute approximate surface area is 228 Å². The van der Waals surface area contributed by atoms with Crippen LogP contribution in [0, 0.1) is 19.7 Å². The number of hydrogen-bond acceptors (Lipinski definition) is 2. The van der Waals surface area contributed by atoms with E-state index in [0.29, 0.717) is 6.54 Å². The fourth-order valence-corrected chi connectivity index (χ4v) is 5.14. The lowest BCUT2D eigenvalue weighted by molar-refractivity contribution is -0.119. The van der Waals surface area contributed by atoms with Gasteiger partial charge in [0, 0.05) is 18.4 Å². The fourth-order valence-electron chi connectivity index (χ4n) is 5.14. The lowest BCUT2D eigenvalue weighted by Gasteiger charge is -2.39. The van der Waals surface area contributed by atoms with Crippen molar-refractivity contribution in [2.45, 2.75) is 39.7 Å². The van der Waals surface area contributed by atoms with Crippen LogP contribution in [0.5, 0.6) is 0 Å². The average Bonchev–Trinajstić information content (AvgIpc) is 3.43. The number of para-hydroxylation sites is 2. The number of hydrogen-bond donors (Lipinski definition) is 1. The zero-order chi connectivity index (χ0) is 27.5. The minimum absolute atomic E-state index is 0.0938. The van der Waals surface area contributed by atoms with Crippen LogP contribution in [0.1, 0.15) is 48.2 Å². The van der Waals surface area contributed by atoms with Gasteiger partial charge in [-0.05, 0) is 79.4 Å². The molecule has 4 aromatic rings. The number of carbonyl (C=O) groups excluding carboxylic acids is 2. The van der Waals surface area contributed by atoms with Crippen LogP contribution in [0.15, 0.2) is 85.1 Å². The van der Waals surface area contributed by atoms with Crippen LogP contribution in [0.4, 0.5) is 20.6 Å². The average molecular weight is 525 g/mol. The van der Waals surface area contributed by atoms with Crippen molar-refractivity contribution < 1.29 is 14.0 Å². The molecule has 0 saturated heterocycles. The van der Waals surface area contributed by atoms with Crippen LogP contribution < -0.4 is 10.2 Å². The zero-order valence-corrected chi connectivity index (χ0v) is 22.5. The van der Waals surface area contributed by atoms with E-state index in [-0.39, 0.29) is 24.3 Å². The lowest BCUT2D eigenvalue weighted by Crippen LogP contribution is -2.48. The summed E-state index contributed by atoms with van der Waals surface area (Å²) in [5.74, 6) is -0.548. The molecule has 0 radical (unpaired) electrons. The van der Waals surface area contributed by atoms with Gasteiger partial charge >= 0.3 is 6.03 Å². The summed E-state index contributed by atoms with van der Waals surface area (Å²) in [5, 5.41) is 3.02. The molecule has 1 N–H and O–H groups in total. The van der Waals surface area contributed by atoms with Crippen LogP contribution >= 0.6 is 0 Å². The quantitative estimate of drug-likeness (QED) is 0.283. The van der Waals surface area contributed by atoms with Gasteiger partial charge in [-0.1, -0.05) is 49.7 Å². The predicted octanol–water partition coefficient (Wildman–Crippen LogP) is 7.00. The molecule has 6 nitrogen and oxygen atoms in total. The Hall–Kier alpha value is -4.39. The molecular formula is C32H33FN4O2. The Morgan fingerprint density at radius 2 is 1.67 bits per heavy atom. The van der Waals surface area contributed by atoms with E-state index in [4.69, 9.17) is 0 Å². The second-order valence-electron chi connectivity index (χ2n) is 9.96. The molecule has 0 spiro atoms. The number of fused-ring (bicyclic) bond motifs is 3. The van der Waals surface area contributed by atoms with E-state index >= 15 is 0 Å². The summed E-state index contributed by atoms with van der Waals surface area (Å²) in [4.78, 5) is 31.0. The van der Waals surface area contributed by atoms with Crippen LogP contribution in [-0.4, -0.2) is 34.5 Å². The second-order valence-corrected chi connectivity index (χ2v) is 9.96. The van der Waals surface area contributed by atoms with E-state index in [0.717, 1.165) is 52.3 Å². The van der Waals surface area contributed by atoms with Gasteiger partial charge in [-0.2, -0.15) is 0 Å². The number of urea groups is 1. The minimum atomic E-state index is -0.474. The monoisotopic (exact) mass is 524 g/mol. The maximum Gasteiger partial charge on any atom is 0.322 e. The maximum absolute atomic E-state index is 14.2. The molecule has 200 valence electrons. The van der Waals surface area contributed by atoms with Crippen LogP contribution in [0.2, 0.25) is 0 Å². The number of unbranched alkanes of at least 4 members (excludes halogenated alkanes) is 1. The van der Waals surface area contributed by atoms with Gasteiger partial charge in [-0.15, -0.1) is 0 Å². The highest BCUT2D eigenvalue weighted by molar-refractivity contribution is 6.01. The molecule has 3 amide bonds. The molecule has 0 fully saturated rings. The van der Waals surface area contributed by atoms with E-state index in [2.05, 4.69) is 16.8 Å². The lowest BCUT2D eigenvalue weighted by atomic mass is 9.97. The first kappa shape index (κ1) is 26.2. The third-order valence-electron chi connectivity index (χ3n) is 7.42. The highest BCUT2D eigenvalue weighted by Crippen LogP contribution is 2.42. The highest BCUT2D eigenvalue weighted by Gasteiger charge is 2.37. The van der Waals surface area contributed by atoms with Crippen molar-refractivity contribution in [3.8, 4) is 5.69 Å². The summed E-state index contributed by atoms with van der Waals surface area (Å²) in [6, 6.07) is 22.9. The van der Waals surface area contributed by atoms with Crippen molar-refractivity contribution in [2.75, 3.05) is 23.3 Å². The summed E-state index contributed by atoms with van der Waals surface area (Å²) in [6.07, 6.45) is 3.63. The van der Waals surface area contributed by atoms with Crippen molar-refractivity contribution >= 4 is 23.3 Å². The van der Waals surface area contributed by atoms with Gasteiger partial charge < -0.3 is 14.8 Å². The van der Waals surface area contributed by atoms with Gasteiger partial charge in [-0.3, -0.25) is 9.69 Å². The van der Waals surface area contributed by atoms with E-state index in [1.807, 2.05) is 74.6 Å². The van der Waals surface area contributed by atoms with Crippen molar-refractivity contribution in [3.05, 3.63) is 113 Å². The summed E-state index contributed by atoms with van der Waals surface area (Å²) >= 11 is 0. The first-order valence-electron chi connectivity index (χ1n) is 13.4. The first-order valence-corrected chi connectivity index (χ1v) is 13.4. The van der Waals surface area contributed by atoms with Gasteiger partial charge in [0.25, 0.3) is 0 Å². The number of nitrogens with zero attached hydrogens (tertiary/aromatic N) is 3. The second kappa shape index (κ2) is 11.2. The van der Waals surface area contributed by atoms with E-state index in [1.54, 1.807) is 21.9 Å². The number of nitrogens with one attached hydrogen (secondary N) is 1. The standard InChI is InChI=1S/C32H33FN4O2/c1-4-5-19-35(32(39)34-26-11-8-10-22(2)23(26)3)21-30(38)37-28-13-7-6-12-27(28)36-20-9-14-29(36)31(37)24-15-17-25(33)18-16-24/h6-18,20,31H,4-5,19,21H2,1-3H3,(H,34,39). The van der Waals surface area contributed by atoms with Gasteiger partial charge in [0.1, 0.15) is 18.4 Å². The molecule has 1 atom stereocenters. The molecule has 39 heavy (non-hydrogen) atoms. The Bertz CT molecular complexity index is 1490. The number of anilines is 2. The van der Waals surface area contributed by atoms with Crippen molar-refractivity contribution in [1.82, 2.24) is 9.47 Å². The van der Waals surface area contributed by atoms with Crippen LogP contribution in [0.25, 0.3) is 5.69 Å². The van der Waals surface area contributed by atoms with E-state index in [1.165, 1.54) is 12.1 Å². The molecule has 5 rings (SSSR count). The molecule has 2 heterocycles. The number of benzene rings is 3. The van der Waals surface area contributed by atoms with Crippen molar-refractivity contribution in [3.63, 3.8) is 0 Å². The Morgan fingerprint density at radius 3 is 2.41 bits per heavy atom. The third kappa shape index (κ3) is 5.17. The molecule has 1 aliphatic heterocycles. The SMILES string of the molecule is CCCCN(CC(=O)N1c2ccccc2-n2cccc2C1c1ccc(F)cc1)C(=O)Nc1cccc(C)c1C. The first-order chi connectivity index (χ1) is 18.9. The summed E-state index contributed by atoms with van der Waals surface area (Å²) in [6.45, 7) is 6.39. The van der Waals surface area contributed by atoms with Crippen LogP contribution in [-0.2, 0) is 4.79 Å². The summed E-state index contributed by atoms with van der Waals surface area (Å²) in [7, 11) is 0. The number of amides is 3.